The molecule has 9 nitrogen and oxygen atoms in total. The Kier molecular flexibility index (Phi) is 8.25. The van der Waals surface area contributed by atoms with Crippen LogP contribution in [0, 0.1) is 0 Å². The quantitative estimate of drug-likeness (QED) is 0.321. The Morgan fingerprint density at radius 3 is 2.45 bits per heavy atom. The maximum atomic E-state index is 12.8. The maximum absolute atomic E-state index is 12.8. The number of anilines is 3. The minimum Gasteiger partial charge on any atom is -0.338 e. The van der Waals surface area contributed by atoms with Crippen LogP contribution in [0.3, 0.4) is 0 Å². The van der Waals surface area contributed by atoms with Gasteiger partial charge < -0.3 is 10.2 Å². The molecule has 0 radical (unpaired) electrons. The Hall–Kier alpha value is -4.24. The van der Waals surface area contributed by atoms with Gasteiger partial charge in [0.1, 0.15) is 11.6 Å². The second-order valence-electron chi connectivity index (χ2n) is 9.30. The van der Waals surface area contributed by atoms with Crippen LogP contribution in [0.5, 0.6) is 0 Å². The molecule has 9 heteroatoms. The molecule has 38 heavy (non-hydrogen) atoms. The van der Waals surface area contributed by atoms with Crippen molar-refractivity contribution in [3.63, 3.8) is 0 Å². The van der Waals surface area contributed by atoms with Crippen LogP contribution in [0.1, 0.15) is 34.2 Å². The van der Waals surface area contributed by atoms with E-state index in [0.29, 0.717) is 41.9 Å². The van der Waals surface area contributed by atoms with Crippen molar-refractivity contribution in [3.8, 4) is 0 Å². The Bertz CT molecular complexity index is 1340. The molecule has 0 amide bonds. The molecule has 1 aliphatic heterocycles. The number of aromatic nitrogens is 5. The first kappa shape index (κ1) is 25.4. The number of carbonyl (C=O) groups excluding carboxylic acids is 1. The number of nitrogens with one attached hydrogen (secondary N) is 1. The van der Waals surface area contributed by atoms with Gasteiger partial charge in [-0.1, -0.05) is 37.3 Å². The molecule has 1 N–H and O–H groups in total. The van der Waals surface area contributed by atoms with Gasteiger partial charge in [0.2, 0.25) is 11.9 Å². The summed E-state index contributed by atoms with van der Waals surface area (Å²) < 4.78 is 0. The third kappa shape index (κ3) is 6.74. The monoisotopic (exact) mass is 508 g/mol. The molecule has 1 saturated heterocycles. The molecular weight excluding hydrogens is 476 g/mol. The Labute approximate surface area is 223 Å². The van der Waals surface area contributed by atoms with Crippen molar-refractivity contribution in [1.82, 2.24) is 29.8 Å². The molecule has 194 valence electrons. The number of rotatable bonds is 10. The predicted molar refractivity (Wildman–Crippen MR) is 148 cm³/mol. The number of Topliss-reactive ketones (excluding diaryl/α,β-unsaturated/α-hetero) is 1. The molecular formula is C29H32N8O. The zero-order valence-electron chi connectivity index (χ0n) is 21.6. The molecule has 4 heterocycles. The van der Waals surface area contributed by atoms with Gasteiger partial charge in [0.25, 0.3) is 0 Å². The van der Waals surface area contributed by atoms with Crippen LogP contribution in [0.25, 0.3) is 0 Å². The van der Waals surface area contributed by atoms with E-state index in [2.05, 4.69) is 42.2 Å². The second-order valence-corrected chi connectivity index (χ2v) is 9.30. The summed E-state index contributed by atoms with van der Waals surface area (Å²) in [5.74, 6) is 2.39. The molecule has 1 aromatic carbocycles. The minimum atomic E-state index is 0.0361. The van der Waals surface area contributed by atoms with Gasteiger partial charge in [-0.05, 0) is 41.8 Å². The molecule has 0 spiro atoms. The van der Waals surface area contributed by atoms with Crippen LogP contribution in [0.15, 0.2) is 73.2 Å². The number of nitrogens with zero attached hydrogens (tertiary/aromatic N) is 7. The highest BCUT2D eigenvalue weighted by atomic mass is 16.1. The van der Waals surface area contributed by atoms with E-state index >= 15 is 0 Å². The van der Waals surface area contributed by atoms with Gasteiger partial charge in [0.05, 0.1) is 0 Å². The fourth-order valence-electron chi connectivity index (χ4n) is 4.44. The Balaban J connectivity index is 1.22. The summed E-state index contributed by atoms with van der Waals surface area (Å²) in [6, 6.07) is 17.4. The summed E-state index contributed by atoms with van der Waals surface area (Å²) in [5.41, 5.74) is 2.89. The van der Waals surface area contributed by atoms with Gasteiger partial charge in [-0.3, -0.25) is 14.7 Å². The third-order valence-electron chi connectivity index (χ3n) is 6.64. The largest absolute Gasteiger partial charge is 0.338 e. The standard InChI is InChI=1S/C29H32N8O/c1-2-26-32-28(33-27-21-24(10-14-31-27)25(38)20-23-6-4-3-5-7-23)35-29(34-26)37-18-16-36(17-19-37)15-11-22-8-12-30-13-9-22/h3-10,12-14,21H,2,11,15-20H2,1H3,(H,31,32,33,34,35). The fraction of sp³-hybridized carbons (Fsp3) is 0.310. The van der Waals surface area contributed by atoms with E-state index < -0.39 is 0 Å². The number of benzene rings is 1. The Morgan fingerprint density at radius 1 is 0.895 bits per heavy atom. The van der Waals surface area contributed by atoms with Crippen molar-refractivity contribution in [2.24, 2.45) is 0 Å². The second kappa shape index (κ2) is 12.3. The van der Waals surface area contributed by atoms with E-state index in [-0.39, 0.29) is 5.78 Å². The minimum absolute atomic E-state index is 0.0361. The van der Waals surface area contributed by atoms with Crippen molar-refractivity contribution in [2.45, 2.75) is 26.2 Å². The highest BCUT2D eigenvalue weighted by Gasteiger charge is 2.20. The van der Waals surface area contributed by atoms with Crippen molar-refractivity contribution in [3.05, 3.63) is 95.7 Å². The van der Waals surface area contributed by atoms with Crippen molar-refractivity contribution in [2.75, 3.05) is 42.9 Å². The molecule has 0 saturated carbocycles. The van der Waals surface area contributed by atoms with Crippen molar-refractivity contribution < 1.29 is 4.79 Å². The lowest BCUT2D eigenvalue weighted by Gasteiger charge is -2.34. The van der Waals surface area contributed by atoms with Gasteiger partial charge in [0, 0.05) is 69.7 Å². The molecule has 0 atom stereocenters. The molecule has 5 rings (SSSR count). The van der Waals surface area contributed by atoms with Gasteiger partial charge in [0.15, 0.2) is 5.78 Å². The molecule has 1 fully saturated rings. The van der Waals surface area contributed by atoms with Crippen molar-refractivity contribution in [1.29, 1.82) is 0 Å². The molecule has 1 aliphatic rings. The molecule has 0 aliphatic carbocycles. The van der Waals surface area contributed by atoms with Gasteiger partial charge in [-0.15, -0.1) is 0 Å². The number of ketones is 1. The number of carbonyl (C=O) groups is 1. The first-order valence-electron chi connectivity index (χ1n) is 13.1. The van der Waals surface area contributed by atoms with Crippen LogP contribution in [0.2, 0.25) is 0 Å². The van der Waals surface area contributed by atoms with Gasteiger partial charge >= 0.3 is 0 Å². The summed E-state index contributed by atoms with van der Waals surface area (Å²) in [5, 5.41) is 3.20. The van der Waals surface area contributed by atoms with E-state index in [1.54, 1.807) is 18.3 Å². The van der Waals surface area contributed by atoms with Gasteiger partial charge in [-0.25, -0.2) is 4.98 Å². The number of piperazine rings is 1. The summed E-state index contributed by atoms with van der Waals surface area (Å²) in [4.78, 5) is 39.9. The summed E-state index contributed by atoms with van der Waals surface area (Å²) in [6.45, 7) is 6.66. The topological polar surface area (TPSA) is 100 Å². The number of hydrogen-bond donors (Lipinski definition) is 1. The number of aryl methyl sites for hydroxylation is 1. The fourth-order valence-corrected chi connectivity index (χ4v) is 4.44. The number of hydrogen-bond acceptors (Lipinski definition) is 9. The summed E-state index contributed by atoms with van der Waals surface area (Å²) in [7, 11) is 0. The van der Waals surface area contributed by atoms with Crippen LogP contribution in [0.4, 0.5) is 17.7 Å². The highest BCUT2D eigenvalue weighted by molar-refractivity contribution is 5.98. The van der Waals surface area contributed by atoms with E-state index in [1.165, 1.54) is 5.56 Å². The lowest BCUT2D eigenvalue weighted by atomic mass is 10.0. The normalized spacial score (nSPS) is 13.9. The van der Waals surface area contributed by atoms with Crippen LogP contribution < -0.4 is 10.2 Å². The molecule has 0 bridgehead atoms. The first-order valence-corrected chi connectivity index (χ1v) is 13.1. The zero-order valence-corrected chi connectivity index (χ0v) is 21.6. The Morgan fingerprint density at radius 2 is 1.68 bits per heavy atom. The zero-order chi connectivity index (χ0) is 26.2. The van der Waals surface area contributed by atoms with Crippen molar-refractivity contribution >= 4 is 23.5 Å². The van der Waals surface area contributed by atoms with Crippen LogP contribution in [-0.4, -0.2) is 68.3 Å². The third-order valence-corrected chi connectivity index (χ3v) is 6.64. The lowest BCUT2D eigenvalue weighted by Crippen LogP contribution is -2.47. The average molecular weight is 509 g/mol. The summed E-state index contributed by atoms with van der Waals surface area (Å²) >= 11 is 0. The highest BCUT2D eigenvalue weighted by Crippen LogP contribution is 2.18. The van der Waals surface area contributed by atoms with Crippen LogP contribution >= 0.6 is 0 Å². The first-order chi connectivity index (χ1) is 18.7. The average Bonchev–Trinajstić information content (AvgIpc) is 2.97. The smallest absolute Gasteiger partial charge is 0.233 e. The van der Waals surface area contributed by atoms with E-state index in [9.17, 15) is 4.79 Å². The van der Waals surface area contributed by atoms with Crippen LogP contribution in [-0.2, 0) is 19.3 Å². The molecule has 0 unspecified atom stereocenters. The lowest BCUT2D eigenvalue weighted by molar-refractivity contribution is 0.0993. The number of pyridine rings is 2. The predicted octanol–water partition coefficient (Wildman–Crippen LogP) is 3.76. The molecule has 4 aromatic rings. The molecule has 3 aromatic heterocycles. The van der Waals surface area contributed by atoms with E-state index in [4.69, 9.17) is 9.97 Å². The maximum Gasteiger partial charge on any atom is 0.233 e. The van der Waals surface area contributed by atoms with Gasteiger partial charge in [-0.2, -0.15) is 15.0 Å². The van der Waals surface area contributed by atoms with E-state index in [1.807, 2.05) is 49.6 Å². The SMILES string of the molecule is CCc1nc(Nc2cc(C(=O)Cc3ccccc3)ccn2)nc(N2CCN(CCc3ccncc3)CC2)n1. The summed E-state index contributed by atoms with van der Waals surface area (Å²) in [6.07, 6.45) is 7.38. The van der Waals surface area contributed by atoms with E-state index in [0.717, 1.165) is 44.7 Å².